The van der Waals surface area contributed by atoms with E-state index in [0.717, 1.165) is 11.3 Å². The largest absolute Gasteiger partial charge is 0.288 e. The Morgan fingerprint density at radius 2 is 2.39 bits per heavy atom. The van der Waals surface area contributed by atoms with Crippen molar-refractivity contribution in [2.24, 2.45) is 11.1 Å². The van der Waals surface area contributed by atoms with Crippen LogP contribution in [0.2, 0.25) is 0 Å². The second-order valence-electron chi connectivity index (χ2n) is 4.02. The molecule has 0 bridgehead atoms. The van der Waals surface area contributed by atoms with E-state index in [1.807, 2.05) is 6.07 Å². The summed E-state index contributed by atoms with van der Waals surface area (Å²) in [6.07, 6.45) is 1.53. The molecule has 1 amide bonds. The summed E-state index contributed by atoms with van der Waals surface area (Å²) < 4.78 is 22.0. The van der Waals surface area contributed by atoms with Crippen LogP contribution >= 0.6 is 11.3 Å². The zero-order valence-electron chi connectivity index (χ0n) is 9.24. The summed E-state index contributed by atoms with van der Waals surface area (Å²) in [5.41, 5.74) is 0. The van der Waals surface area contributed by atoms with Gasteiger partial charge in [-0.25, -0.2) is 18.5 Å². The minimum atomic E-state index is -3.58. The Kier molecular flexibility index (Phi) is 3.34. The van der Waals surface area contributed by atoms with Crippen LogP contribution in [0, 0.1) is 17.2 Å². The van der Waals surface area contributed by atoms with E-state index >= 15 is 0 Å². The first kappa shape index (κ1) is 12.9. The van der Waals surface area contributed by atoms with Gasteiger partial charge in [0.1, 0.15) is 10.9 Å². The van der Waals surface area contributed by atoms with Gasteiger partial charge in [0.05, 0.1) is 11.9 Å². The zero-order chi connectivity index (χ0) is 13.3. The van der Waals surface area contributed by atoms with E-state index in [0.29, 0.717) is 10.0 Å². The highest BCUT2D eigenvalue weighted by Gasteiger charge is 2.34. The lowest BCUT2D eigenvalue weighted by Crippen LogP contribution is -2.27. The highest BCUT2D eigenvalue weighted by molar-refractivity contribution is 7.89. The predicted octanol–water partition coefficient (Wildman–Crippen LogP) is -0.344. The van der Waals surface area contributed by atoms with E-state index in [9.17, 15) is 13.2 Å². The molecule has 1 aromatic heterocycles. The lowest BCUT2D eigenvalue weighted by atomic mass is 10.1. The standard InChI is InChI=1S/C9H10N4O3S2/c10-2-7-3-12-9(17-7)13-4-6(1-8(13)14)5-18(11,15)16/h3,6H,1,4-5H2,(H2,11,15,16). The Hall–Kier alpha value is -1.50. The van der Waals surface area contributed by atoms with Crippen molar-refractivity contribution in [3.05, 3.63) is 11.1 Å². The summed E-state index contributed by atoms with van der Waals surface area (Å²) in [7, 11) is -3.58. The van der Waals surface area contributed by atoms with Gasteiger partial charge in [-0.1, -0.05) is 11.3 Å². The molecule has 0 radical (unpaired) electrons. The predicted molar refractivity (Wildman–Crippen MR) is 65.3 cm³/mol. The van der Waals surface area contributed by atoms with E-state index < -0.39 is 10.0 Å². The molecule has 9 heteroatoms. The molecule has 1 fully saturated rings. The first-order valence-corrected chi connectivity index (χ1v) is 7.59. The summed E-state index contributed by atoms with van der Waals surface area (Å²) in [5, 5.41) is 14.1. The van der Waals surface area contributed by atoms with Crippen LogP contribution in [0.1, 0.15) is 11.3 Å². The van der Waals surface area contributed by atoms with Crippen LogP contribution in [-0.2, 0) is 14.8 Å². The van der Waals surface area contributed by atoms with Gasteiger partial charge in [0.25, 0.3) is 0 Å². The molecule has 1 atom stereocenters. The molecule has 0 spiro atoms. The van der Waals surface area contributed by atoms with Crippen LogP contribution in [0.5, 0.6) is 0 Å². The lowest BCUT2D eigenvalue weighted by Gasteiger charge is -2.12. The molecule has 18 heavy (non-hydrogen) atoms. The molecule has 0 aliphatic carbocycles. The number of aromatic nitrogens is 1. The number of nitrogens with zero attached hydrogens (tertiary/aromatic N) is 3. The van der Waals surface area contributed by atoms with Gasteiger partial charge in [0, 0.05) is 18.9 Å². The van der Waals surface area contributed by atoms with E-state index in [-0.39, 0.29) is 30.5 Å². The molecule has 2 rings (SSSR count). The molecule has 7 nitrogen and oxygen atoms in total. The monoisotopic (exact) mass is 286 g/mol. The van der Waals surface area contributed by atoms with Crippen molar-refractivity contribution in [3.8, 4) is 6.07 Å². The van der Waals surface area contributed by atoms with Crippen LogP contribution < -0.4 is 10.0 Å². The summed E-state index contributed by atoms with van der Waals surface area (Å²) in [4.78, 5) is 17.5. The van der Waals surface area contributed by atoms with Crippen molar-refractivity contribution >= 4 is 32.4 Å². The third-order valence-electron chi connectivity index (χ3n) is 2.51. The van der Waals surface area contributed by atoms with Gasteiger partial charge in [-0.05, 0) is 0 Å². The Morgan fingerprint density at radius 3 is 2.94 bits per heavy atom. The highest BCUT2D eigenvalue weighted by Crippen LogP contribution is 2.28. The van der Waals surface area contributed by atoms with Crippen molar-refractivity contribution in [2.75, 3.05) is 17.2 Å². The molecule has 1 saturated heterocycles. The topological polar surface area (TPSA) is 117 Å². The Labute approximate surface area is 108 Å². The van der Waals surface area contributed by atoms with Gasteiger partial charge in [-0.15, -0.1) is 0 Å². The van der Waals surface area contributed by atoms with Crippen molar-refractivity contribution in [1.29, 1.82) is 5.26 Å². The molecule has 2 N–H and O–H groups in total. The second-order valence-corrected chi connectivity index (χ2v) is 6.69. The number of nitrogens with two attached hydrogens (primary N) is 1. The molecular formula is C9H10N4O3S2. The molecule has 0 aromatic carbocycles. The molecular weight excluding hydrogens is 276 g/mol. The maximum Gasteiger partial charge on any atom is 0.229 e. The van der Waals surface area contributed by atoms with Gasteiger partial charge in [-0.3, -0.25) is 9.69 Å². The average Bonchev–Trinajstić information content (AvgIpc) is 2.82. The maximum atomic E-state index is 11.7. The summed E-state index contributed by atoms with van der Waals surface area (Å²) in [5.74, 6) is -0.726. The third kappa shape index (κ3) is 2.84. The number of rotatable bonds is 3. The van der Waals surface area contributed by atoms with Crippen LogP contribution in [0.3, 0.4) is 0 Å². The smallest absolute Gasteiger partial charge is 0.229 e. The van der Waals surface area contributed by atoms with Crippen molar-refractivity contribution < 1.29 is 13.2 Å². The number of anilines is 1. The maximum absolute atomic E-state index is 11.7. The number of hydrogen-bond donors (Lipinski definition) is 1. The Bertz CT molecular complexity index is 616. The van der Waals surface area contributed by atoms with Crippen LogP contribution in [0.4, 0.5) is 5.13 Å². The van der Waals surface area contributed by atoms with E-state index in [1.165, 1.54) is 11.1 Å². The molecule has 2 heterocycles. The Morgan fingerprint density at radius 1 is 1.67 bits per heavy atom. The zero-order valence-corrected chi connectivity index (χ0v) is 10.9. The number of thiazole rings is 1. The van der Waals surface area contributed by atoms with Crippen LogP contribution in [0.25, 0.3) is 0 Å². The van der Waals surface area contributed by atoms with E-state index in [1.54, 1.807) is 0 Å². The normalized spacial score (nSPS) is 20.1. The number of nitriles is 1. The molecule has 0 saturated carbocycles. The first-order valence-electron chi connectivity index (χ1n) is 5.06. The van der Waals surface area contributed by atoms with Gasteiger partial charge in [-0.2, -0.15) is 5.26 Å². The SMILES string of the molecule is N#Cc1cnc(N2CC(CS(N)(=O)=O)CC2=O)s1. The molecule has 1 unspecified atom stereocenters. The third-order valence-corrected chi connectivity index (χ3v) is 4.37. The fourth-order valence-corrected chi connectivity index (χ4v) is 3.47. The average molecular weight is 286 g/mol. The fraction of sp³-hybridized carbons (Fsp3) is 0.444. The quantitative estimate of drug-likeness (QED) is 0.815. The Balaban J connectivity index is 2.12. The summed E-state index contributed by atoms with van der Waals surface area (Å²) in [6, 6.07) is 1.94. The minimum Gasteiger partial charge on any atom is -0.288 e. The van der Waals surface area contributed by atoms with Gasteiger partial charge >= 0.3 is 0 Å². The number of sulfonamides is 1. The minimum absolute atomic E-state index is 0.137. The number of hydrogen-bond acceptors (Lipinski definition) is 6. The van der Waals surface area contributed by atoms with E-state index in [4.69, 9.17) is 10.4 Å². The number of primary sulfonamides is 1. The van der Waals surface area contributed by atoms with Gasteiger partial charge < -0.3 is 0 Å². The molecule has 1 aliphatic rings. The fourth-order valence-electron chi connectivity index (χ4n) is 1.85. The molecule has 1 aromatic rings. The number of amides is 1. The van der Waals surface area contributed by atoms with Crippen molar-refractivity contribution in [1.82, 2.24) is 4.98 Å². The van der Waals surface area contributed by atoms with Crippen molar-refractivity contribution in [2.45, 2.75) is 6.42 Å². The lowest BCUT2D eigenvalue weighted by molar-refractivity contribution is -0.117. The second kappa shape index (κ2) is 4.64. The van der Waals surface area contributed by atoms with Gasteiger partial charge in [0.2, 0.25) is 15.9 Å². The highest BCUT2D eigenvalue weighted by atomic mass is 32.2. The molecule has 1 aliphatic heterocycles. The first-order chi connectivity index (χ1) is 8.39. The van der Waals surface area contributed by atoms with E-state index in [2.05, 4.69) is 4.98 Å². The number of carbonyl (C=O) groups is 1. The van der Waals surface area contributed by atoms with Crippen molar-refractivity contribution in [3.63, 3.8) is 0 Å². The van der Waals surface area contributed by atoms with Crippen LogP contribution in [-0.4, -0.2) is 31.6 Å². The summed E-state index contributed by atoms with van der Waals surface area (Å²) in [6.45, 7) is 0.271. The summed E-state index contributed by atoms with van der Waals surface area (Å²) >= 11 is 1.11. The van der Waals surface area contributed by atoms with Crippen LogP contribution in [0.15, 0.2) is 6.20 Å². The molecule has 96 valence electrons. The van der Waals surface area contributed by atoms with Gasteiger partial charge in [0.15, 0.2) is 5.13 Å². The number of carbonyl (C=O) groups excluding carboxylic acids is 1.